The van der Waals surface area contributed by atoms with Gasteiger partial charge in [-0.25, -0.2) is 0 Å². The van der Waals surface area contributed by atoms with Crippen molar-refractivity contribution in [3.05, 3.63) is 87.9 Å². The summed E-state index contributed by atoms with van der Waals surface area (Å²) in [5.74, 6) is -3.47. The first-order valence-corrected chi connectivity index (χ1v) is 12.9. The lowest BCUT2D eigenvalue weighted by molar-refractivity contribution is -0.143. The first-order valence-electron chi connectivity index (χ1n) is 12.6. The molecule has 0 saturated carbocycles. The number of fused-ring (bicyclic) bond motifs is 4. The number of carbonyl (C=O) groups excluding carboxylic acids is 3. The van der Waals surface area contributed by atoms with E-state index in [0.29, 0.717) is 27.4 Å². The number of aromatic hydroxyl groups is 2. The zero-order valence-corrected chi connectivity index (χ0v) is 21.3. The van der Waals surface area contributed by atoms with Gasteiger partial charge in [0, 0.05) is 22.3 Å². The van der Waals surface area contributed by atoms with E-state index in [1.807, 2.05) is 25.1 Å². The van der Waals surface area contributed by atoms with Gasteiger partial charge in [-0.3, -0.25) is 24.6 Å². The van der Waals surface area contributed by atoms with E-state index in [2.05, 4.69) is 10.6 Å². The Kier molecular flexibility index (Phi) is 5.70. The summed E-state index contributed by atoms with van der Waals surface area (Å²) in [6, 6.07) is 16.6. The van der Waals surface area contributed by atoms with Crippen LogP contribution in [0.1, 0.15) is 29.2 Å². The largest absolute Gasteiger partial charge is 0.504 e. The van der Waals surface area contributed by atoms with Gasteiger partial charge < -0.3 is 15.5 Å². The summed E-state index contributed by atoms with van der Waals surface area (Å²) in [5.41, 5.74) is 2.16. The molecule has 3 amide bonds. The number of carbonyl (C=O) groups is 3. The van der Waals surface area contributed by atoms with Crippen LogP contribution in [0.3, 0.4) is 0 Å². The number of imide groups is 1. The predicted molar refractivity (Wildman–Crippen MR) is 141 cm³/mol. The molecular weight excluding hydrogens is 506 g/mol. The average Bonchev–Trinajstić information content (AvgIpc) is 3.47. The maximum Gasteiger partial charge on any atom is 0.250 e. The van der Waals surface area contributed by atoms with Crippen molar-refractivity contribution in [3.63, 3.8) is 0 Å². The lowest BCUT2D eigenvalue weighted by atomic mass is 9.76. The van der Waals surface area contributed by atoms with Crippen LogP contribution in [0.4, 0.5) is 5.69 Å². The van der Waals surface area contributed by atoms with Gasteiger partial charge in [0.25, 0.3) is 0 Å². The number of hydrogen-bond donors (Lipinski definition) is 4. The number of hydrogen-bond acceptors (Lipinski definition) is 6. The van der Waals surface area contributed by atoms with E-state index in [1.165, 1.54) is 17.0 Å². The highest BCUT2D eigenvalue weighted by Gasteiger charge is 2.70. The second kappa shape index (κ2) is 8.85. The van der Waals surface area contributed by atoms with Crippen molar-refractivity contribution in [3.8, 4) is 11.5 Å². The van der Waals surface area contributed by atoms with Gasteiger partial charge in [0.2, 0.25) is 17.7 Å². The van der Waals surface area contributed by atoms with Crippen molar-refractivity contribution in [1.82, 2.24) is 10.2 Å². The van der Waals surface area contributed by atoms with Crippen LogP contribution in [0.2, 0.25) is 5.02 Å². The molecule has 0 radical (unpaired) electrons. The maximum absolute atomic E-state index is 14.0. The standard InChI is InChI=1S/C29H26ClN3O5/c1-2-15-7-9-20-18(11-15)29(28(38)31-20)25-24(21(32-29)12-16-8-10-22(34)23(35)13-16)26(36)33(27(25)37)14-17-5-3-4-6-19(17)30/h3-11,13,21,24-25,32,34-35H,2,12,14H2,1H3,(H,31,38). The lowest BCUT2D eigenvalue weighted by Crippen LogP contribution is -2.53. The monoisotopic (exact) mass is 531 g/mol. The number of nitrogens with zero attached hydrogens (tertiary/aromatic N) is 1. The smallest absolute Gasteiger partial charge is 0.250 e. The van der Waals surface area contributed by atoms with E-state index in [4.69, 9.17) is 11.6 Å². The van der Waals surface area contributed by atoms with Gasteiger partial charge in [-0.05, 0) is 53.8 Å². The third kappa shape index (κ3) is 3.51. The molecule has 3 aliphatic rings. The molecular formula is C29H26ClN3O5. The Bertz CT molecular complexity index is 1510. The molecule has 9 heteroatoms. The predicted octanol–water partition coefficient (Wildman–Crippen LogP) is 3.48. The van der Waals surface area contributed by atoms with Crippen LogP contribution >= 0.6 is 11.6 Å². The van der Waals surface area contributed by atoms with Gasteiger partial charge in [-0.2, -0.15) is 0 Å². The van der Waals surface area contributed by atoms with Crippen LogP contribution in [0.15, 0.2) is 60.7 Å². The maximum atomic E-state index is 14.0. The first kappa shape index (κ1) is 24.5. The fourth-order valence-corrected chi connectivity index (χ4v) is 6.40. The molecule has 4 unspecified atom stereocenters. The van der Waals surface area contributed by atoms with Crippen LogP contribution in [-0.4, -0.2) is 38.9 Å². The first-order chi connectivity index (χ1) is 18.2. The molecule has 4 atom stereocenters. The van der Waals surface area contributed by atoms with E-state index in [0.717, 1.165) is 12.0 Å². The van der Waals surface area contributed by atoms with Gasteiger partial charge in [-0.15, -0.1) is 0 Å². The summed E-state index contributed by atoms with van der Waals surface area (Å²) < 4.78 is 0. The van der Waals surface area contributed by atoms with Gasteiger partial charge in [0.05, 0.1) is 18.4 Å². The molecule has 2 fully saturated rings. The number of rotatable bonds is 5. The van der Waals surface area contributed by atoms with Crippen molar-refractivity contribution in [1.29, 1.82) is 0 Å². The van der Waals surface area contributed by atoms with E-state index in [-0.39, 0.29) is 36.3 Å². The normalized spacial score (nSPS) is 25.7. The molecule has 4 N–H and O–H groups in total. The summed E-state index contributed by atoms with van der Waals surface area (Å²) in [4.78, 5) is 42.9. The Labute approximate surface area is 224 Å². The third-order valence-electron chi connectivity index (χ3n) is 8.06. The molecule has 0 aliphatic carbocycles. The van der Waals surface area contributed by atoms with E-state index < -0.39 is 29.3 Å². The molecule has 38 heavy (non-hydrogen) atoms. The number of aryl methyl sites for hydroxylation is 1. The molecule has 3 aliphatic heterocycles. The second-order valence-corrected chi connectivity index (χ2v) is 10.5. The van der Waals surface area contributed by atoms with Crippen LogP contribution in [0, 0.1) is 11.8 Å². The number of phenols is 2. The molecule has 8 nitrogen and oxygen atoms in total. The average molecular weight is 532 g/mol. The minimum Gasteiger partial charge on any atom is -0.504 e. The minimum absolute atomic E-state index is 0.0105. The second-order valence-electron chi connectivity index (χ2n) is 10.1. The van der Waals surface area contributed by atoms with Crippen LogP contribution in [-0.2, 0) is 39.3 Å². The van der Waals surface area contributed by atoms with Gasteiger partial charge in [0.15, 0.2) is 11.5 Å². The molecule has 6 rings (SSSR count). The number of likely N-dealkylation sites (tertiary alicyclic amines) is 1. The molecule has 3 aromatic rings. The zero-order valence-electron chi connectivity index (χ0n) is 20.6. The fourth-order valence-electron chi connectivity index (χ4n) is 6.21. The number of phenolic OH excluding ortho intramolecular Hbond substituents is 2. The van der Waals surface area contributed by atoms with Gasteiger partial charge in [-0.1, -0.05) is 54.9 Å². The lowest BCUT2D eigenvalue weighted by Gasteiger charge is -2.30. The summed E-state index contributed by atoms with van der Waals surface area (Å²) in [6.07, 6.45) is 0.999. The molecule has 2 saturated heterocycles. The van der Waals surface area contributed by atoms with E-state index in [9.17, 15) is 24.6 Å². The minimum atomic E-state index is -1.42. The Morgan fingerprint density at radius 3 is 2.45 bits per heavy atom. The van der Waals surface area contributed by atoms with Crippen LogP contribution in [0.5, 0.6) is 11.5 Å². The SMILES string of the molecule is CCc1ccc2c(c1)C1(NC(Cc3ccc(O)c(O)c3)C3C(=O)N(Cc4ccccc4Cl)C(=O)C31)C(=O)N2. The molecule has 0 aromatic heterocycles. The fraction of sp³-hybridized carbons (Fsp3) is 0.276. The van der Waals surface area contributed by atoms with E-state index >= 15 is 0 Å². The Morgan fingerprint density at radius 2 is 1.71 bits per heavy atom. The van der Waals surface area contributed by atoms with Crippen LogP contribution < -0.4 is 10.6 Å². The topological polar surface area (TPSA) is 119 Å². The molecule has 3 heterocycles. The Hall–Kier alpha value is -3.88. The van der Waals surface area contributed by atoms with Gasteiger partial charge >= 0.3 is 0 Å². The number of halogens is 1. The third-order valence-corrected chi connectivity index (χ3v) is 8.43. The van der Waals surface area contributed by atoms with E-state index in [1.54, 1.807) is 30.3 Å². The van der Waals surface area contributed by atoms with Crippen LogP contribution in [0.25, 0.3) is 0 Å². The van der Waals surface area contributed by atoms with Crippen molar-refractivity contribution >= 4 is 35.0 Å². The quantitative estimate of drug-likeness (QED) is 0.296. The zero-order chi connectivity index (χ0) is 26.8. The van der Waals surface area contributed by atoms with Crippen molar-refractivity contribution in [2.45, 2.75) is 37.9 Å². The molecule has 0 bridgehead atoms. The summed E-state index contributed by atoms with van der Waals surface area (Å²) in [7, 11) is 0. The number of nitrogens with one attached hydrogen (secondary N) is 2. The molecule has 1 spiro atoms. The highest BCUT2D eigenvalue weighted by Crippen LogP contribution is 2.53. The summed E-state index contributed by atoms with van der Waals surface area (Å²) in [5, 5.41) is 26.6. The highest BCUT2D eigenvalue weighted by molar-refractivity contribution is 6.31. The van der Waals surface area contributed by atoms with Crippen molar-refractivity contribution in [2.24, 2.45) is 11.8 Å². The number of anilines is 1. The summed E-state index contributed by atoms with van der Waals surface area (Å²) in [6.45, 7) is 2.02. The van der Waals surface area contributed by atoms with Gasteiger partial charge in [0.1, 0.15) is 5.54 Å². The Morgan fingerprint density at radius 1 is 0.947 bits per heavy atom. The molecule has 3 aromatic carbocycles. The Balaban J connectivity index is 1.46. The van der Waals surface area contributed by atoms with Crippen molar-refractivity contribution < 1.29 is 24.6 Å². The summed E-state index contributed by atoms with van der Waals surface area (Å²) >= 11 is 6.36. The highest BCUT2D eigenvalue weighted by atomic mass is 35.5. The molecule has 194 valence electrons. The number of benzene rings is 3. The number of amides is 3. The van der Waals surface area contributed by atoms with Crippen molar-refractivity contribution in [2.75, 3.05) is 5.32 Å².